The highest BCUT2D eigenvalue weighted by molar-refractivity contribution is 5.92. The Hall–Kier alpha value is -1.88. The molecule has 0 bridgehead atoms. The number of likely N-dealkylation sites (tertiary alicyclic amines) is 1. The Labute approximate surface area is 123 Å². The van der Waals surface area contributed by atoms with Crippen LogP contribution >= 0.6 is 0 Å². The molecule has 5 heteroatoms. The normalized spacial score (nSPS) is 21.2. The van der Waals surface area contributed by atoms with Crippen LogP contribution in [-0.4, -0.2) is 41.5 Å². The number of carbonyl (C=O) groups is 2. The molecule has 0 radical (unpaired) electrons. The summed E-state index contributed by atoms with van der Waals surface area (Å²) in [5.41, 5.74) is 3.56. The van der Waals surface area contributed by atoms with E-state index in [-0.39, 0.29) is 18.4 Å². The topological polar surface area (TPSA) is 69.6 Å². The number of amides is 1. The lowest BCUT2D eigenvalue weighted by Gasteiger charge is -2.15. The molecule has 1 aromatic carbocycles. The van der Waals surface area contributed by atoms with Gasteiger partial charge in [-0.15, -0.1) is 0 Å². The van der Waals surface area contributed by atoms with Crippen LogP contribution in [0.25, 0.3) is 0 Å². The molecule has 5 nitrogen and oxygen atoms in total. The Morgan fingerprint density at radius 2 is 2.10 bits per heavy atom. The number of rotatable bonds is 4. The average molecular weight is 288 g/mol. The van der Waals surface area contributed by atoms with Gasteiger partial charge in [-0.2, -0.15) is 0 Å². The van der Waals surface area contributed by atoms with Crippen molar-refractivity contribution < 1.29 is 14.7 Å². The summed E-state index contributed by atoms with van der Waals surface area (Å²) in [5, 5.41) is 11.9. The molecule has 1 atom stereocenters. The lowest BCUT2D eigenvalue weighted by atomic mass is 10.1. The molecule has 21 heavy (non-hydrogen) atoms. The van der Waals surface area contributed by atoms with Gasteiger partial charge in [-0.3, -0.25) is 14.5 Å². The molecule has 2 aliphatic rings. The zero-order chi connectivity index (χ0) is 14.8. The zero-order valence-electron chi connectivity index (χ0n) is 12.0. The van der Waals surface area contributed by atoms with E-state index >= 15 is 0 Å². The molecule has 1 aliphatic heterocycles. The number of anilines is 1. The minimum atomic E-state index is -0.767. The number of fused-ring (bicyclic) bond motifs is 1. The first-order valence-electron chi connectivity index (χ1n) is 7.48. The third-order valence-corrected chi connectivity index (χ3v) is 4.37. The number of hydrogen-bond donors (Lipinski definition) is 2. The zero-order valence-corrected chi connectivity index (χ0v) is 12.0. The highest BCUT2D eigenvalue weighted by Crippen LogP contribution is 2.25. The van der Waals surface area contributed by atoms with Gasteiger partial charge in [-0.25, -0.2) is 0 Å². The first kappa shape index (κ1) is 14.1. The van der Waals surface area contributed by atoms with Crippen LogP contribution in [0.2, 0.25) is 0 Å². The number of nitrogens with zero attached hydrogens (tertiary/aromatic N) is 1. The van der Waals surface area contributed by atoms with Crippen molar-refractivity contribution in [3.8, 4) is 0 Å². The molecule has 0 aromatic heterocycles. The molecule has 1 fully saturated rings. The number of nitrogens with one attached hydrogen (secondary N) is 1. The van der Waals surface area contributed by atoms with Gasteiger partial charge in [-0.05, 0) is 55.5 Å². The molecule has 1 aliphatic carbocycles. The summed E-state index contributed by atoms with van der Waals surface area (Å²) < 4.78 is 0. The number of aryl methyl sites for hydroxylation is 2. The fourth-order valence-corrected chi connectivity index (χ4v) is 3.23. The van der Waals surface area contributed by atoms with Gasteiger partial charge in [0.05, 0.1) is 12.5 Å². The van der Waals surface area contributed by atoms with E-state index < -0.39 is 5.97 Å². The lowest BCUT2D eigenvalue weighted by Crippen LogP contribution is -2.32. The summed E-state index contributed by atoms with van der Waals surface area (Å²) in [5.74, 6) is -1.17. The number of aliphatic carboxylic acids is 1. The smallest absolute Gasteiger partial charge is 0.307 e. The summed E-state index contributed by atoms with van der Waals surface area (Å²) in [6.07, 6.45) is 4.04. The predicted octanol–water partition coefficient (Wildman–Crippen LogP) is 1.52. The molecular formula is C16H20N2O3. The van der Waals surface area contributed by atoms with Crippen molar-refractivity contribution in [2.24, 2.45) is 5.92 Å². The van der Waals surface area contributed by atoms with Gasteiger partial charge < -0.3 is 10.4 Å². The Balaban J connectivity index is 1.54. The second kappa shape index (κ2) is 5.85. The second-order valence-corrected chi connectivity index (χ2v) is 5.94. The Morgan fingerprint density at radius 3 is 2.86 bits per heavy atom. The summed E-state index contributed by atoms with van der Waals surface area (Å²) in [7, 11) is 0. The van der Waals surface area contributed by atoms with Gasteiger partial charge in [0.25, 0.3) is 0 Å². The van der Waals surface area contributed by atoms with E-state index in [4.69, 9.17) is 5.11 Å². The van der Waals surface area contributed by atoms with Crippen LogP contribution in [0.1, 0.15) is 24.0 Å². The van der Waals surface area contributed by atoms with Gasteiger partial charge in [0.2, 0.25) is 5.91 Å². The quantitative estimate of drug-likeness (QED) is 0.881. The van der Waals surface area contributed by atoms with Crippen molar-refractivity contribution in [2.75, 3.05) is 25.0 Å². The maximum absolute atomic E-state index is 12.0. The molecule has 1 heterocycles. The Bertz CT molecular complexity index is 571. The van der Waals surface area contributed by atoms with Gasteiger partial charge >= 0.3 is 5.97 Å². The van der Waals surface area contributed by atoms with E-state index in [2.05, 4.69) is 17.4 Å². The SMILES string of the molecule is O=C(CN1CCC(C(=O)O)C1)Nc1ccc2c(c1)CCC2. The number of carbonyl (C=O) groups excluding carboxylic acids is 1. The van der Waals surface area contributed by atoms with Crippen LogP contribution in [0.15, 0.2) is 18.2 Å². The number of carboxylic acid groups (broad SMARTS) is 1. The maximum atomic E-state index is 12.0. The minimum absolute atomic E-state index is 0.0704. The van der Waals surface area contributed by atoms with Gasteiger partial charge in [0.1, 0.15) is 0 Å². The molecule has 1 saturated heterocycles. The van der Waals surface area contributed by atoms with Crippen LogP contribution in [0, 0.1) is 5.92 Å². The van der Waals surface area contributed by atoms with Crippen LogP contribution in [0.4, 0.5) is 5.69 Å². The highest BCUT2D eigenvalue weighted by Gasteiger charge is 2.28. The highest BCUT2D eigenvalue weighted by atomic mass is 16.4. The summed E-state index contributed by atoms with van der Waals surface area (Å²) in [6, 6.07) is 6.10. The molecule has 1 amide bonds. The monoisotopic (exact) mass is 288 g/mol. The van der Waals surface area contributed by atoms with Gasteiger partial charge in [0.15, 0.2) is 0 Å². The largest absolute Gasteiger partial charge is 0.481 e. The van der Waals surface area contributed by atoms with E-state index in [0.29, 0.717) is 19.5 Å². The van der Waals surface area contributed by atoms with Crippen LogP contribution in [0.3, 0.4) is 0 Å². The van der Waals surface area contributed by atoms with Gasteiger partial charge in [0, 0.05) is 12.2 Å². The standard InChI is InChI=1S/C16H20N2O3/c19-15(10-18-7-6-13(9-18)16(20)21)17-14-5-4-11-2-1-3-12(11)8-14/h4-5,8,13H,1-3,6-7,9-10H2,(H,17,19)(H,20,21). The fraction of sp³-hybridized carbons (Fsp3) is 0.500. The summed E-state index contributed by atoms with van der Waals surface area (Å²) >= 11 is 0. The fourth-order valence-electron chi connectivity index (χ4n) is 3.23. The molecular weight excluding hydrogens is 268 g/mol. The molecule has 1 unspecified atom stereocenters. The van der Waals surface area contributed by atoms with Crippen LogP contribution in [0.5, 0.6) is 0 Å². The number of carboxylic acids is 1. The Morgan fingerprint density at radius 1 is 1.29 bits per heavy atom. The molecule has 3 rings (SSSR count). The van der Waals surface area contributed by atoms with Crippen molar-refractivity contribution in [1.29, 1.82) is 0 Å². The molecule has 1 aromatic rings. The third kappa shape index (κ3) is 3.24. The second-order valence-electron chi connectivity index (χ2n) is 5.94. The molecule has 112 valence electrons. The Kier molecular flexibility index (Phi) is 3.92. The van der Waals surface area contributed by atoms with E-state index in [1.165, 1.54) is 17.5 Å². The minimum Gasteiger partial charge on any atom is -0.481 e. The van der Waals surface area contributed by atoms with Crippen molar-refractivity contribution in [3.63, 3.8) is 0 Å². The van der Waals surface area contributed by atoms with Crippen molar-refractivity contribution in [3.05, 3.63) is 29.3 Å². The summed E-state index contributed by atoms with van der Waals surface area (Å²) in [4.78, 5) is 24.9. The first-order chi connectivity index (χ1) is 10.1. The third-order valence-electron chi connectivity index (χ3n) is 4.37. The van der Waals surface area contributed by atoms with E-state index in [1.807, 2.05) is 11.0 Å². The summed E-state index contributed by atoms with van der Waals surface area (Å²) in [6.45, 7) is 1.41. The lowest BCUT2D eigenvalue weighted by molar-refractivity contribution is -0.141. The molecule has 0 spiro atoms. The van der Waals surface area contributed by atoms with Crippen LogP contribution in [-0.2, 0) is 22.4 Å². The number of benzene rings is 1. The van der Waals surface area contributed by atoms with Gasteiger partial charge in [-0.1, -0.05) is 6.07 Å². The average Bonchev–Trinajstić information content (AvgIpc) is 3.06. The molecule has 0 saturated carbocycles. The van der Waals surface area contributed by atoms with E-state index in [9.17, 15) is 9.59 Å². The van der Waals surface area contributed by atoms with E-state index in [1.54, 1.807) is 0 Å². The van der Waals surface area contributed by atoms with Crippen molar-refractivity contribution in [1.82, 2.24) is 4.90 Å². The van der Waals surface area contributed by atoms with Crippen LogP contribution < -0.4 is 5.32 Å². The van der Waals surface area contributed by atoms with Crippen molar-refractivity contribution >= 4 is 17.6 Å². The number of hydrogen-bond acceptors (Lipinski definition) is 3. The maximum Gasteiger partial charge on any atom is 0.307 e. The molecule has 2 N–H and O–H groups in total. The predicted molar refractivity (Wildman–Crippen MR) is 79.3 cm³/mol. The first-order valence-corrected chi connectivity index (χ1v) is 7.48. The van der Waals surface area contributed by atoms with Crippen molar-refractivity contribution in [2.45, 2.75) is 25.7 Å². The van der Waals surface area contributed by atoms with E-state index in [0.717, 1.165) is 18.5 Å².